The van der Waals surface area contributed by atoms with Gasteiger partial charge in [-0.2, -0.15) is 0 Å². The SMILES string of the molecule is CC(C)[Si](C(C)C)(C(C)C)N1C(=O)c2cc(Cl)c(Cl)cc2C1=O. The number of nitrogens with zero attached hydrogens (tertiary/aromatic N) is 1. The van der Waals surface area contributed by atoms with Crippen LogP contribution in [0.1, 0.15) is 62.3 Å². The van der Waals surface area contributed by atoms with E-state index in [1.54, 1.807) is 4.57 Å². The summed E-state index contributed by atoms with van der Waals surface area (Å²) in [7, 11) is -2.41. The summed E-state index contributed by atoms with van der Waals surface area (Å²) in [5.74, 6) is -0.433. The molecule has 0 atom stereocenters. The number of fused-ring (bicyclic) bond motifs is 1. The lowest BCUT2D eigenvalue weighted by Gasteiger charge is -2.47. The number of hydrogen-bond acceptors (Lipinski definition) is 2. The quantitative estimate of drug-likeness (QED) is 0.497. The van der Waals surface area contributed by atoms with Crippen molar-refractivity contribution in [3.05, 3.63) is 33.3 Å². The molecule has 0 bridgehead atoms. The zero-order valence-corrected chi connectivity index (χ0v) is 16.9. The maximum atomic E-state index is 13.1. The summed E-state index contributed by atoms with van der Waals surface area (Å²) in [4.78, 5) is 26.1. The molecule has 23 heavy (non-hydrogen) atoms. The Morgan fingerprint density at radius 2 is 1.09 bits per heavy atom. The van der Waals surface area contributed by atoms with E-state index in [1.165, 1.54) is 12.1 Å². The molecule has 6 heteroatoms. The van der Waals surface area contributed by atoms with Gasteiger partial charge in [0.2, 0.25) is 0 Å². The number of amides is 2. The van der Waals surface area contributed by atoms with E-state index in [1.807, 2.05) is 0 Å². The maximum Gasteiger partial charge on any atom is 0.253 e. The topological polar surface area (TPSA) is 37.4 Å². The monoisotopic (exact) mass is 371 g/mol. The Hall–Kier alpha value is -0.843. The Labute approximate surface area is 149 Å². The van der Waals surface area contributed by atoms with Gasteiger partial charge in [0.25, 0.3) is 11.8 Å². The molecule has 0 fully saturated rings. The van der Waals surface area contributed by atoms with Gasteiger partial charge in [-0.1, -0.05) is 64.7 Å². The zero-order valence-electron chi connectivity index (χ0n) is 14.4. The van der Waals surface area contributed by atoms with Gasteiger partial charge in [0.1, 0.15) is 0 Å². The van der Waals surface area contributed by atoms with Crippen molar-refractivity contribution in [1.29, 1.82) is 0 Å². The second-order valence-electron chi connectivity index (χ2n) is 7.11. The molecule has 2 amide bonds. The number of rotatable bonds is 4. The summed E-state index contributed by atoms with van der Waals surface area (Å²) in [5, 5.41) is 0.610. The van der Waals surface area contributed by atoms with Crippen molar-refractivity contribution < 1.29 is 9.59 Å². The van der Waals surface area contributed by atoms with Crippen LogP contribution in [0.4, 0.5) is 0 Å². The number of halogens is 2. The fourth-order valence-electron chi connectivity index (χ4n) is 4.36. The second-order valence-corrected chi connectivity index (χ2v) is 13.6. The van der Waals surface area contributed by atoms with Crippen LogP contribution in [-0.4, -0.2) is 24.6 Å². The number of hydrogen-bond donors (Lipinski definition) is 0. The van der Waals surface area contributed by atoms with Crippen molar-refractivity contribution in [1.82, 2.24) is 4.57 Å². The van der Waals surface area contributed by atoms with Crippen molar-refractivity contribution >= 4 is 43.3 Å². The van der Waals surface area contributed by atoms with Gasteiger partial charge in [0, 0.05) is 0 Å². The van der Waals surface area contributed by atoms with Crippen molar-refractivity contribution in [2.45, 2.75) is 58.2 Å². The zero-order chi connectivity index (χ0) is 17.7. The summed E-state index contributed by atoms with van der Waals surface area (Å²) in [5.41, 5.74) is 1.54. The number of carbonyl (C=O) groups is 2. The van der Waals surface area contributed by atoms with Crippen molar-refractivity contribution in [2.24, 2.45) is 0 Å². The van der Waals surface area contributed by atoms with Gasteiger partial charge in [-0.25, -0.2) is 0 Å². The van der Waals surface area contributed by atoms with Crippen LogP contribution in [0.25, 0.3) is 0 Å². The lowest BCUT2D eigenvalue weighted by molar-refractivity contribution is 0.0742. The molecule has 0 aliphatic carbocycles. The van der Waals surface area contributed by atoms with E-state index in [0.717, 1.165) is 0 Å². The van der Waals surface area contributed by atoms with E-state index in [-0.39, 0.29) is 28.4 Å². The van der Waals surface area contributed by atoms with Crippen LogP contribution in [0, 0.1) is 0 Å². The Morgan fingerprint density at radius 3 is 1.35 bits per heavy atom. The van der Waals surface area contributed by atoms with Crippen LogP contribution < -0.4 is 0 Å². The van der Waals surface area contributed by atoms with E-state index in [2.05, 4.69) is 41.5 Å². The van der Waals surface area contributed by atoms with Gasteiger partial charge < -0.3 is 4.57 Å². The molecule has 1 aromatic rings. The smallest absolute Gasteiger partial charge is 0.253 e. The van der Waals surface area contributed by atoms with E-state index in [9.17, 15) is 9.59 Å². The molecular weight excluding hydrogens is 349 g/mol. The average Bonchev–Trinajstić information content (AvgIpc) is 2.65. The maximum absolute atomic E-state index is 13.1. The molecule has 1 aliphatic heterocycles. The predicted molar refractivity (Wildman–Crippen MR) is 98.0 cm³/mol. The molecule has 3 nitrogen and oxygen atoms in total. The Balaban J connectivity index is 2.69. The number of imide groups is 1. The first-order valence-electron chi connectivity index (χ1n) is 7.94. The molecule has 1 aliphatic rings. The minimum Gasteiger partial charge on any atom is -0.303 e. The average molecular weight is 372 g/mol. The standard InChI is InChI=1S/C17H23Cl2NO2Si/c1-9(2)23(10(3)4,11(5)6)20-16(21)12-7-14(18)15(19)8-13(12)17(20)22/h7-11H,1-6H3. The third-order valence-corrected chi connectivity index (χ3v) is 12.5. The minimum atomic E-state index is -2.41. The van der Waals surface area contributed by atoms with Crippen LogP contribution in [0.15, 0.2) is 12.1 Å². The van der Waals surface area contributed by atoms with Crippen LogP contribution in [0.2, 0.25) is 26.7 Å². The molecule has 0 spiro atoms. The van der Waals surface area contributed by atoms with E-state index in [4.69, 9.17) is 23.2 Å². The molecule has 1 aromatic carbocycles. The van der Waals surface area contributed by atoms with Crippen LogP contribution in [0.3, 0.4) is 0 Å². The molecule has 0 N–H and O–H groups in total. The van der Waals surface area contributed by atoms with Crippen molar-refractivity contribution in [3.8, 4) is 0 Å². The van der Waals surface area contributed by atoms with Gasteiger partial charge in [-0.15, -0.1) is 0 Å². The molecule has 2 rings (SSSR count). The van der Waals surface area contributed by atoms with Crippen LogP contribution in [0.5, 0.6) is 0 Å². The minimum absolute atomic E-state index is 0.216. The summed E-state index contributed by atoms with van der Waals surface area (Å²) in [6.07, 6.45) is 0. The van der Waals surface area contributed by atoms with Gasteiger partial charge in [0.15, 0.2) is 8.24 Å². The Bertz CT molecular complexity index is 608. The summed E-state index contributed by atoms with van der Waals surface area (Å²) in [6, 6.07) is 3.05. The molecular formula is C17H23Cl2NO2Si. The lowest BCUT2D eigenvalue weighted by atomic mass is 10.1. The number of carbonyl (C=O) groups excluding carboxylic acids is 2. The van der Waals surface area contributed by atoms with Gasteiger partial charge in [0.05, 0.1) is 21.2 Å². The highest BCUT2D eigenvalue weighted by Crippen LogP contribution is 2.47. The van der Waals surface area contributed by atoms with Gasteiger partial charge >= 0.3 is 0 Å². The normalized spacial score (nSPS) is 15.3. The Kier molecular flexibility index (Phi) is 5.01. The van der Waals surface area contributed by atoms with Gasteiger partial charge in [-0.3, -0.25) is 9.59 Å². The molecule has 0 saturated heterocycles. The third kappa shape index (κ3) is 2.55. The highest BCUT2D eigenvalue weighted by molar-refractivity contribution is 6.85. The Morgan fingerprint density at radius 1 is 0.783 bits per heavy atom. The van der Waals surface area contributed by atoms with E-state index >= 15 is 0 Å². The molecule has 1 heterocycles. The molecule has 0 unspecified atom stereocenters. The molecule has 0 saturated carbocycles. The highest BCUT2D eigenvalue weighted by Gasteiger charge is 2.56. The van der Waals surface area contributed by atoms with E-state index < -0.39 is 8.24 Å². The van der Waals surface area contributed by atoms with Crippen molar-refractivity contribution in [3.63, 3.8) is 0 Å². The van der Waals surface area contributed by atoms with Gasteiger partial charge in [-0.05, 0) is 28.8 Å². The predicted octanol–water partition coefficient (Wildman–Crippen LogP) is 5.76. The molecule has 126 valence electrons. The highest BCUT2D eigenvalue weighted by atomic mass is 35.5. The fourth-order valence-corrected chi connectivity index (χ4v) is 11.2. The second kappa shape index (κ2) is 6.23. The fraction of sp³-hybridized carbons (Fsp3) is 0.529. The third-order valence-electron chi connectivity index (χ3n) is 5.09. The first-order chi connectivity index (χ1) is 10.6. The van der Waals surface area contributed by atoms with E-state index in [0.29, 0.717) is 21.2 Å². The number of benzene rings is 1. The first-order valence-corrected chi connectivity index (χ1v) is 10.9. The largest absolute Gasteiger partial charge is 0.303 e. The summed E-state index contributed by atoms with van der Waals surface area (Å²) in [6.45, 7) is 12.7. The van der Waals surface area contributed by atoms with Crippen LogP contribution in [-0.2, 0) is 0 Å². The summed E-state index contributed by atoms with van der Waals surface area (Å²) >= 11 is 12.1. The molecule has 0 aromatic heterocycles. The molecule has 0 radical (unpaired) electrons. The summed E-state index contributed by atoms with van der Waals surface area (Å²) < 4.78 is 1.59. The first kappa shape index (κ1) is 18.5. The van der Waals surface area contributed by atoms with Crippen LogP contribution >= 0.6 is 23.2 Å². The van der Waals surface area contributed by atoms with Crippen molar-refractivity contribution in [2.75, 3.05) is 0 Å². The lowest BCUT2D eigenvalue weighted by Crippen LogP contribution is -2.62.